The van der Waals surface area contributed by atoms with Crippen LogP contribution in [0.2, 0.25) is 0 Å². The van der Waals surface area contributed by atoms with Gasteiger partial charge in [-0.25, -0.2) is 9.48 Å². The molecule has 0 unspecified atom stereocenters. The lowest BCUT2D eigenvalue weighted by molar-refractivity contribution is 0.340. The van der Waals surface area contributed by atoms with Crippen LogP contribution in [0.25, 0.3) is 0 Å². The van der Waals surface area contributed by atoms with Crippen molar-refractivity contribution in [3.05, 3.63) is 45.9 Å². The van der Waals surface area contributed by atoms with Crippen LogP contribution >= 0.6 is 0 Å². The van der Waals surface area contributed by atoms with E-state index in [2.05, 4.69) is 23.9 Å². The molecule has 0 atom stereocenters. The molecule has 0 N–H and O–H groups in total. The molecule has 0 aliphatic heterocycles. The van der Waals surface area contributed by atoms with Crippen LogP contribution in [0.4, 0.5) is 0 Å². The van der Waals surface area contributed by atoms with E-state index in [1.54, 1.807) is 4.57 Å². The van der Waals surface area contributed by atoms with Crippen LogP contribution in [0, 0.1) is 6.92 Å². The Hall–Kier alpha value is -1.91. The van der Waals surface area contributed by atoms with E-state index < -0.39 is 0 Å². The molecule has 0 bridgehead atoms. The third-order valence-corrected chi connectivity index (χ3v) is 3.42. The second-order valence-corrected chi connectivity index (χ2v) is 6.71. The second kappa shape index (κ2) is 5.47. The van der Waals surface area contributed by atoms with E-state index in [-0.39, 0.29) is 11.2 Å². The molecule has 0 saturated carbocycles. The number of rotatable bonds is 3. The maximum atomic E-state index is 12.5. The summed E-state index contributed by atoms with van der Waals surface area (Å²) in [6.07, 6.45) is 0. The lowest BCUT2D eigenvalue weighted by Crippen LogP contribution is -2.36. The molecule has 0 aliphatic rings. The molecule has 2 heterocycles. The minimum absolute atomic E-state index is 0.0863. The Morgan fingerprint density at radius 1 is 1.24 bits per heavy atom. The maximum Gasteiger partial charge on any atom is 0.346 e. The van der Waals surface area contributed by atoms with E-state index in [1.807, 2.05) is 45.9 Å². The number of aromatic nitrogens is 4. The standard InChI is InChI=1S/C16H24N4O/c1-11(2)14-9-7-8-13(17-14)10-19-12(3)18-20(15(19)21)16(4,5)6/h7-9,11H,10H2,1-6H3. The van der Waals surface area contributed by atoms with Crippen molar-refractivity contribution in [2.75, 3.05) is 0 Å². The molecule has 0 spiro atoms. The van der Waals surface area contributed by atoms with Crippen molar-refractivity contribution in [2.24, 2.45) is 0 Å². The zero-order chi connectivity index (χ0) is 15.8. The van der Waals surface area contributed by atoms with Gasteiger partial charge in [0.2, 0.25) is 0 Å². The molecule has 5 heteroatoms. The summed E-state index contributed by atoms with van der Waals surface area (Å²) in [5, 5.41) is 4.37. The zero-order valence-electron chi connectivity index (χ0n) is 13.7. The fraction of sp³-hybridized carbons (Fsp3) is 0.562. The van der Waals surface area contributed by atoms with Gasteiger partial charge in [0.05, 0.1) is 17.8 Å². The van der Waals surface area contributed by atoms with Crippen molar-refractivity contribution in [1.82, 2.24) is 19.3 Å². The van der Waals surface area contributed by atoms with E-state index in [0.717, 1.165) is 11.4 Å². The largest absolute Gasteiger partial charge is 0.346 e. The Bertz CT molecular complexity index is 689. The van der Waals surface area contributed by atoms with Crippen LogP contribution in [0.15, 0.2) is 23.0 Å². The summed E-state index contributed by atoms with van der Waals surface area (Å²) in [6, 6.07) is 5.96. The molecular formula is C16H24N4O. The fourth-order valence-electron chi connectivity index (χ4n) is 2.18. The predicted molar refractivity (Wildman–Crippen MR) is 83.6 cm³/mol. The summed E-state index contributed by atoms with van der Waals surface area (Å²) >= 11 is 0. The quantitative estimate of drug-likeness (QED) is 0.872. The van der Waals surface area contributed by atoms with Gasteiger partial charge in [-0.15, -0.1) is 0 Å². The van der Waals surface area contributed by atoms with Crippen LogP contribution in [0.1, 0.15) is 57.7 Å². The summed E-state index contributed by atoms with van der Waals surface area (Å²) in [5.41, 5.74) is 1.53. The normalized spacial score (nSPS) is 12.1. The van der Waals surface area contributed by atoms with Crippen molar-refractivity contribution in [2.45, 2.75) is 59.5 Å². The highest BCUT2D eigenvalue weighted by molar-refractivity contribution is 5.14. The first-order valence-corrected chi connectivity index (χ1v) is 7.33. The van der Waals surface area contributed by atoms with Crippen LogP contribution in [0.5, 0.6) is 0 Å². The van der Waals surface area contributed by atoms with Crippen LogP contribution in [-0.4, -0.2) is 19.3 Å². The lowest BCUT2D eigenvalue weighted by Gasteiger charge is -2.16. The van der Waals surface area contributed by atoms with Gasteiger partial charge >= 0.3 is 5.69 Å². The molecule has 0 fully saturated rings. The van der Waals surface area contributed by atoms with E-state index in [1.165, 1.54) is 4.68 Å². The molecule has 2 aromatic heterocycles. The first-order chi connectivity index (χ1) is 9.70. The third kappa shape index (κ3) is 3.23. The average Bonchev–Trinajstić information content (AvgIpc) is 2.67. The summed E-state index contributed by atoms with van der Waals surface area (Å²) in [5.74, 6) is 1.09. The van der Waals surface area contributed by atoms with Crippen molar-refractivity contribution in [3.8, 4) is 0 Å². The molecule has 2 aromatic rings. The van der Waals surface area contributed by atoms with Gasteiger partial charge < -0.3 is 0 Å². The molecule has 21 heavy (non-hydrogen) atoms. The SMILES string of the molecule is Cc1nn(C(C)(C)C)c(=O)n1Cc1cccc(C(C)C)n1. The van der Waals surface area contributed by atoms with Gasteiger partial charge in [-0.1, -0.05) is 19.9 Å². The maximum absolute atomic E-state index is 12.5. The minimum atomic E-state index is -0.319. The highest BCUT2D eigenvalue weighted by atomic mass is 16.2. The van der Waals surface area contributed by atoms with E-state index in [0.29, 0.717) is 18.3 Å². The molecule has 0 aromatic carbocycles. The molecule has 2 rings (SSSR count). The van der Waals surface area contributed by atoms with Gasteiger partial charge in [0.15, 0.2) is 0 Å². The summed E-state index contributed by atoms with van der Waals surface area (Å²) in [6.45, 7) is 12.5. The number of hydrogen-bond donors (Lipinski definition) is 0. The molecular weight excluding hydrogens is 264 g/mol. The van der Waals surface area contributed by atoms with Gasteiger partial charge in [-0.05, 0) is 45.7 Å². The molecule has 0 radical (unpaired) electrons. The van der Waals surface area contributed by atoms with Gasteiger partial charge in [-0.3, -0.25) is 9.55 Å². The van der Waals surface area contributed by atoms with E-state index >= 15 is 0 Å². The van der Waals surface area contributed by atoms with Crippen molar-refractivity contribution in [3.63, 3.8) is 0 Å². The van der Waals surface area contributed by atoms with Crippen molar-refractivity contribution >= 4 is 0 Å². The number of pyridine rings is 1. The number of hydrogen-bond acceptors (Lipinski definition) is 3. The number of nitrogens with zero attached hydrogens (tertiary/aromatic N) is 4. The van der Waals surface area contributed by atoms with Crippen LogP contribution in [0.3, 0.4) is 0 Å². The summed E-state index contributed by atoms with van der Waals surface area (Å²) < 4.78 is 3.21. The number of aryl methyl sites for hydroxylation is 1. The van der Waals surface area contributed by atoms with E-state index in [9.17, 15) is 4.79 Å². The van der Waals surface area contributed by atoms with Crippen molar-refractivity contribution in [1.29, 1.82) is 0 Å². The Kier molecular flexibility index (Phi) is 4.03. The molecule has 0 aliphatic carbocycles. The second-order valence-electron chi connectivity index (χ2n) is 6.71. The molecule has 0 amide bonds. The zero-order valence-corrected chi connectivity index (χ0v) is 13.7. The highest BCUT2D eigenvalue weighted by Crippen LogP contribution is 2.13. The highest BCUT2D eigenvalue weighted by Gasteiger charge is 2.21. The monoisotopic (exact) mass is 288 g/mol. The predicted octanol–water partition coefficient (Wildman–Crippen LogP) is 2.67. The average molecular weight is 288 g/mol. The first-order valence-electron chi connectivity index (χ1n) is 7.33. The lowest BCUT2D eigenvalue weighted by atomic mass is 10.1. The van der Waals surface area contributed by atoms with Gasteiger partial charge in [0.25, 0.3) is 0 Å². The smallest absolute Gasteiger partial charge is 0.273 e. The molecule has 0 saturated heterocycles. The Balaban J connectivity index is 2.39. The molecule has 5 nitrogen and oxygen atoms in total. The minimum Gasteiger partial charge on any atom is -0.273 e. The fourth-order valence-corrected chi connectivity index (χ4v) is 2.18. The van der Waals surface area contributed by atoms with Gasteiger partial charge in [0, 0.05) is 5.69 Å². The van der Waals surface area contributed by atoms with Crippen LogP contribution in [-0.2, 0) is 12.1 Å². The molecule has 114 valence electrons. The van der Waals surface area contributed by atoms with Crippen molar-refractivity contribution < 1.29 is 0 Å². The Morgan fingerprint density at radius 3 is 2.43 bits per heavy atom. The van der Waals surface area contributed by atoms with E-state index in [4.69, 9.17) is 0 Å². The third-order valence-electron chi connectivity index (χ3n) is 3.42. The van der Waals surface area contributed by atoms with Crippen LogP contribution < -0.4 is 5.69 Å². The summed E-state index contributed by atoms with van der Waals surface area (Å²) in [4.78, 5) is 17.1. The Labute approximate surface area is 125 Å². The summed E-state index contributed by atoms with van der Waals surface area (Å²) in [7, 11) is 0. The van der Waals surface area contributed by atoms with Gasteiger partial charge in [-0.2, -0.15) is 5.10 Å². The topological polar surface area (TPSA) is 52.7 Å². The Morgan fingerprint density at radius 2 is 1.90 bits per heavy atom. The van der Waals surface area contributed by atoms with Gasteiger partial charge in [0.1, 0.15) is 5.82 Å². The first kappa shape index (κ1) is 15.5.